The van der Waals surface area contributed by atoms with Crippen LogP contribution in [0.2, 0.25) is 0 Å². The van der Waals surface area contributed by atoms with E-state index in [-0.39, 0.29) is 11.4 Å². The molecule has 8 heteroatoms. The standard InChI is InChI=1S/C24H31N3O4S/c1-2-31-22-17-15-21(16-18-22)27(32(29,30)23-13-9-6-10-14-23)19-24(28)26-25-20-11-7-4-3-5-8-12-20/h6,9-10,13-18H,2-5,7-8,11-12,19H2,1H3,(H,26,28). The lowest BCUT2D eigenvalue weighted by molar-refractivity contribution is -0.119. The molecule has 1 aliphatic carbocycles. The molecule has 0 spiro atoms. The van der Waals surface area contributed by atoms with Crippen LogP contribution in [0.25, 0.3) is 0 Å². The van der Waals surface area contributed by atoms with Crippen LogP contribution in [0.5, 0.6) is 5.75 Å². The summed E-state index contributed by atoms with van der Waals surface area (Å²) in [6.07, 6.45) is 7.46. The van der Waals surface area contributed by atoms with E-state index in [0.29, 0.717) is 18.0 Å². The van der Waals surface area contributed by atoms with Crippen LogP contribution in [-0.2, 0) is 14.8 Å². The van der Waals surface area contributed by atoms with E-state index < -0.39 is 15.9 Å². The van der Waals surface area contributed by atoms with Gasteiger partial charge < -0.3 is 4.74 Å². The molecular weight excluding hydrogens is 426 g/mol. The highest BCUT2D eigenvalue weighted by molar-refractivity contribution is 7.92. The molecule has 2 aromatic rings. The van der Waals surface area contributed by atoms with Crippen molar-refractivity contribution in [2.45, 2.75) is 56.8 Å². The Labute approximate surface area is 190 Å². The van der Waals surface area contributed by atoms with Crippen LogP contribution >= 0.6 is 0 Å². The van der Waals surface area contributed by atoms with Gasteiger partial charge in [0.1, 0.15) is 12.3 Å². The summed E-state index contributed by atoms with van der Waals surface area (Å²) in [5.41, 5.74) is 3.92. The first kappa shape index (κ1) is 23.8. The van der Waals surface area contributed by atoms with Crippen LogP contribution in [0.3, 0.4) is 0 Å². The molecule has 0 atom stereocenters. The molecule has 0 radical (unpaired) electrons. The maximum Gasteiger partial charge on any atom is 0.264 e. The largest absolute Gasteiger partial charge is 0.494 e. The number of hydrazone groups is 1. The highest BCUT2D eigenvalue weighted by Gasteiger charge is 2.27. The van der Waals surface area contributed by atoms with E-state index in [1.165, 1.54) is 31.4 Å². The van der Waals surface area contributed by atoms with E-state index in [0.717, 1.165) is 35.7 Å². The van der Waals surface area contributed by atoms with Crippen LogP contribution in [0.15, 0.2) is 64.6 Å². The predicted molar refractivity (Wildman–Crippen MR) is 126 cm³/mol. The summed E-state index contributed by atoms with van der Waals surface area (Å²) < 4.78 is 33.2. The van der Waals surface area contributed by atoms with E-state index in [1.807, 2.05) is 6.92 Å². The first-order chi connectivity index (χ1) is 15.5. The molecule has 0 saturated heterocycles. The molecule has 0 aliphatic heterocycles. The van der Waals surface area contributed by atoms with Gasteiger partial charge in [-0.3, -0.25) is 9.10 Å². The van der Waals surface area contributed by atoms with Gasteiger partial charge in [-0.25, -0.2) is 13.8 Å². The van der Waals surface area contributed by atoms with E-state index in [1.54, 1.807) is 42.5 Å². The Morgan fingerprint density at radius 2 is 1.59 bits per heavy atom. The summed E-state index contributed by atoms with van der Waals surface area (Å²) >= 11 is 0. The number of amides is 1. The number of rotatable bonds is 8. The summed E-state index contributed by atoms with van der Waals surface area (Å²) in [6.45, 7) is 2.01. The van der Waals surface area contributed by atoms with Crippen molar-refractivity contribution in [3.8, 4) is 5.75 Å². The monoisotopic (exact) mass is 457 g/mol. The van der Waals surface area contributed by atoms with Crippen molar-refractivity contribution in [1.29, 1.82) is 0 Å². The number of carbonyl (C=O) groups excluding carboxylic acids is 1. The molecule has 1 fully saturated rings. The van der Waals surface area contributed by atoms with Crippen molar-refractivity contribution < 1.29 is 17.9 Å². The van der Waals surface area contributed by atoms with Crippen molar-refractivity contribution in [3.05, 3.63) is 54.6 Å². The minimum atomic E-state index is -3.94. The Kier molecular flexibility index (Phi) is 8.67. The fourth-order valence-corrected chi connectivity index (χ4v) is 5.08. The third-order valence-electron chi connectivity index (χ3n) is 5.32. The quantitative estimate of drug-likeness (QED) is 0.591. The number of nitrogens with zero attached hydrogens (tertiary/aromatic N) is 2. The Balaban J connectivity index is 1.81. The number of nitrogens with one attached hydrogen (secondary N) is 1. The number of carbonyl (C=O) groups is 1. The first-order valence-corrected chi connectivity index (χ1v) is 12.6. The molecule has 0 unspecified atom stereocenters. The zero-order valence-corrected chi connectivity index (χ0v) is 19.3. The third-order valence-corrected chi connectivity index (χ3v) is 7.11. The second kappa shape index (κ2) is 11.7. The molecule has 0 aromatic heterocycles. The zero-order valence-electron chi connectivity index (χ0n) is 18.5. The summed E-state index contributed by atoms with van der Waals surface area (Å²) in [7, 11) is -3.94. The highest BCUT2D eigenvalue weighted by atomic mass is 32.2. The maximum atomic E-state index is 13.3. The highest BCUT2D eigenvalue weighted by Crippen LogP contribution is 2.25. The third kappa shape index (κ3) is 6.56. The van der Waals surface area contributed by atoms with E-state index in [2.05, 4.69) is 10.5 Å². The Bertz CT molecular complexity index is 995. The molecule has 1 amide bonds. The molecule has 1 N–H and O–H groups in total. The topological polar surface area (TPSA) is 88.1 Å². The lowest BCUT2D eigenvalue weighted by Crippen LogP contribution is -2.39. The average molecular weight is 458 g/mol. The molecule has 2 aromatic carbocycles. The van der Waals surface area contributed by atoms with Gasteiger partial charge in [-0.15, -0.1) is 0 Å². The molecule has 172 valence electrons. The van der Waals surface area contributed by atoms with Crippen molar-refractivity contribution in [3.63, 3.8) is 0 Å². The molecule has 7 nitrogen and oxygen atoms in total. The smallest absolute Gasteiger partial charge is 0.264 e. The van der Waals surface area contributed by atoms with Crippen LogP contribution in [0.1, 0.15) is 51.9 Å². The number of anilines is 1. The van der Waals surface area contributed by atoms with Gasteiger partial charge in [-0.2, -0.15) is 5.10 Å². The van der Waals surface area contributed by atoms with Crippen molar-refractivity contribution in [2.75, 3.05) is 17.5 Å². The van der Waals surface area contributed by atoms with E-state index >= 15 is 0 Å². The molecule has 3 rings (SSSR count). The lowest BCUT2D eigenvalue weighted by atomic mass is 9.99. The number of benzene rings is 2. The molecule has 1 aliphatic rings. The van der Waals surface area contributed by atoms with Crippen molar-refractivity contribution >= 4 is 27.3 Å². The van der Waals surface area contributed by atoms with Crippen LogP contribution in [0.4, 0.5) is 5.69 Å². The molecular formula is C24H31N3O4S. The zero-order chi connectivity index (χ0) is 22.8. The summed E-state index contributed by atoms with van der Waals surface area (Å²) in [6, 6.07) is 14.8. The maximum absolute atomic E-state index is 13.3. The Morgan fingerprint density at radius 1 is 0.969 bits per heavy atom. The number of hydrogen-bond acceptors (Lipinski definition) is 5. The van der Waals surface area contributed by atoms with Gasteiger partial charge >= 0.3 is 0 Å². The molecule has 0 heterocycles. The van der Waals surface area contributed by atoms with Crippen LogP contribution in [0, 0.1) is 0 Å². The fourth-order valence-electron chi connectivity index (χ4n) is 3.64. The second-order valence-electron chi connectivity index (χ2n) is 7.73. The van der Waals surface area contributed by atoms with Crippen molar-refractivity contribution in [2.24, 2.45) is 5.10 Å². The minimum absolute atomic E-state index is 0.119. The molecule has 32 heavy (non-hydrogen) atoms. The minimum Gasteiger partial charge on any atom is -0.494 e. The Hall–Kier alpha value is -2.87. The van der Waals surface area contributed by atoms with Gasteiger partial charge in [-0.1, -0.05) is 37.5 Å². The second-order valence-corrected chi connectivity index (χ2v) is 9.59. The number of sulfonamides is 1. The fraction of sp³-hybridized carbons (Fsp3) is 0.417. The summed E-state index contributed by atoms with van der Waals surface area (Å²) in [4.78, 5) is 12.8. The normalized spacial score (nSPS) is 14.7. The van der Waals surface area contributed by atoms with Gasteiger partial charge in [0, 0.05) is 5.71 Å². The average Bonchev–Trinajstić information content (AvgIpc) is 2.78. The van der Waals surface area contributed by atoms with Crippen LogP contribution < -0.4 is 14.5 Å². The van der Waals surface area contributed by atoms with Crippen molar-refractivity contribution in [1.82, 2.24) is 5.43 Å². The summed E-state index contributed by atoms with van der Waals surface area (Å²) in [5.74, 6) is 0.154. The SMILES string of the molecule is CCOc1ccc(N(CC(=O)NN=C2CCCCCCC2)S(=O)(=O)c2ccccc2)cc1. The van der Waals surface area contributed by atoms with Gasteiger partial charge in [0.2, 0.25) is 0 Å². The number of hydrogen-bond donors (Lipinski definition) is 1. The molecule has 1 saturated carbocycles. The predicted octanol–water partition coefficient (Wildman–Crippen LogP) is 4.50. The van der Waals surface area contributed by atoms with Gasteiger partial charge in [-0.05, 0) is 69.0 Å². The first-order valence-electron chi connectivity index (χ1n) is 11.2. The van der Waals surface area contributed by atoms with Crippen LogP contribution in [-0.4, -0.2) is 33.2 Å². The van der Waals surface area contributed by atoms with Gasteiger partial charge in [0.15, 0.2) is 0 Å². The molecule has 0 bridgehead atoms. The Morgan fingerprint density at radius 3 is 2.22 bits per heavy atom. The van der Waals surface area contributed by atoms with E-state index in [4.69, 9.17) is 4.74 Å². The number of ether oxygens (including phenoxy) is 1. The van der Waals surface area contributed by atoms with Gasteiger partial charge in [0.05, 0.1) is 17.2 Å². The van der Waals surface area contributed by atoms with E-state index in [9.17, 15) is 13.2 Å². The lowest BCUT2D eigenvalue weighted by Gasteiger charge is -2.24. The summed E-state index contributed by atoms with van der Waals surface area (Å²) in [5, 5.41) is 4.30. The van der Waals surface area contributed by atoms with Gasteiger partial charge in [0.25, 0.3) is 15.9 Å².